The van der Waals surface area contributed by atoms with Crippen LogP contribution in [0.3, 0.4) is 0 Å². The average molecular weight is 431 g/mol. The van der Waals surface area contributed by atoms with Crippen LogP contribution in [0.5, 0.6) is 5.75 Å². The van der Waals surface area contributed by atoms with Gasteiger partial charge in [-0.3, -0.25) is 9.59 Å². The molecule has 2 heterocycles. The second kappa shape index (κ2) is 8.79. The lowest BCUT2D eigenvalue weighted by Crippen LogP contribution is -2.15. The number of carbonyl (C=O) groups excluding carboxylic acids is 2. The minimum absolute atomic E-state index is 0.0482. The van der Waals surface area contributed by atoms with E-state index in [1.165, 1.54) is 30.0 Å². The molecule has 0 amide bonds. The molecule has 1 atom stereocenters. The van der Waals surface area contributed by atoms with Crippen LogP contribution < -0.4 is 10.1 Å². The molecule has 0 aliphatic heterocycles. The topological polar surface area (TPSA) is 97.0 Å². The fraction of sp³-hybridized carbons (Fsp3) is 0.300. The maximum atomic E-state index is 12.9. The number of aromatic nitrogens is 3. The fourth-order valence-electron chi connectivity index (χ4n) is 3.06. The van der Waals surface area contributed by atoms with Gasteiger partial charge >= 0.3 is 0 Å². The third-order valence-electron chi connectivity index (χ3n) is 4.41. The number of anilines is 2. The highest BCUT2D eigenvalue weighted by atomic mass is 32.2. The third kappa shape index (κ3) is 4.68. The van der Waals surface area contributed by atoms with Gasteiger partial charge < -0.3 is 15.0 Å². The number of aryl methyl sites for hydroxylation is 1. The number of methoxy groups -OCH3 is 1. The summed E-state index contributed by atoms with van der Waals surface area (Å²) in [5, 5.41) is 11.8. The Morgan fingerprint density at radius 3 is 2.69 bits per heavy atom. The monoisotopic (exact) mass is 430 g/mol. The van der Waals surface area contributed by atoms with E-state index in [0.29, 0.717) is 26.3 Å². The number of thioether (sulfide) groups is 1. The van der Waals surface area contributed by atoms with Crippen LogP contribution in [0.2, 0.25) is 0 Å². The minimum atomic E-state index is -0.371. The number of Topliss-reactive ketones (excluding diaryl/α,β-unsaturated/α-hetero) is 2. The maximum absolute atomic E-state index is 12.9. The van der Waals surface area contributed by atoms with Gasteiger partial charge in [0.25, 0.3) is 0 Å². The number of ether oxygens (including phenoxy) is 1. The zero-order chi connectivity index (χ0) is 21.1. The van der Waals surface area contributed by atoms with Crippen molar-refractivity contribution in [2.75, 3.05) is 12.4 Å². The number of benzene rings is 1. The first-order valence-electron chi connectivity index (χ1n) is 8.95. The maximum Gasteiger partial charge on any atom is 0.210 e. The summed E-state index contributed by atoms with van der Waals surface area (Å²) in [6, 6.07) is 7.52. The molecule has 0 radical (unpaired) electrons. The molecular weight excluding hydrogens is 408 g/mol. The van der Waals surface area contributed by atoms with Crippen LogP contribution in [-0.2, 0) is 0 Å². The molecule has 3 aromatic rings. The Morgan fingerprint density at radius 1 is 1.28 bits per heavy atom. The number of hydrogen-bond acceptors (Lipinski definition) is 8. The van der Waals surface area contributed by atoms with Crippen molar-refractivity contribution in [2.24, 2.45) is 0 Å². The van der Waals surface area contributed by atoms with Gasteiger partial charge in [-0.1, -0.05) is 29.2 Å². The van der Waals surface area contributed by atoms with Gasteiger partial charge in [0.05, 0.1) is 18.1 Å². The molecule has 9 heteroatoms. The molecule has 2 N–H and O–H groups in total. The normalized spacial score (nSPS) is 11.9. The number of aromatic amines is 1. The van der Waals surface area contributed by atoms with Gasteiger partial charge in [0.15, 0.2) is 15.9 Å². The van der Waals surface area contributed by atoms with Crippen LogP contribution in [0.4, 0.5) is 10.8 Å². The molecule has 1 aromatic carbocycles. The number of ketones is 2. The van der Waals surface area contributed by atoms with Gasteiger partial charge in [-0.15, -0.1) is 10.2 Å². The highest BCUT2D eigenvalue weighted by Crippen LogP contribution is 2.33. The van der Waals surface area contributed by atoms with E-state index in [1.54, 1.807) is 21.0 Å². The van der Waals surface area contributed by atoms with E-state index in [1.807, 2.05) is 31.2 Å². The number of H-pyrrole nitrogens is 1. The molecule has 29 heavy (non-hydrogen) atoms. The molecule has 0 aliphatic rings. The van der Waals surface area contributed by atoms with Crippen molar-refractivity contribution in [1.82, 2.24) is 15.2 Å². The fourth-order valence-corrected chi connectivity index (χ4v) is 5.04. The molecule has 0 spiro atoms. The molecule has 2 aromatic heterocycles. The van der Waals surface area contributed by atoms with E-state index in [0.717, 1.165) is 17.1 Å². The molecule has 152 valence electrons. The molecule has 0 fully saturated rings. The second-order valence-corrected chi connectivity index (χ2v) is 9.10. The summed E-state index contributed by atoms with van der Waals surface area (Å²) in [5.41, 5.74) is 3.33. The number of rotatable bonds is 8. The van der Waals surface area contributed by atoms with Gasteiger partial charge in [-0.25, -0.2) is 0 Å². The van der Waals surface area contributed by atoms with E-state index in [4.69, 9.17) is 4.74 Å². The first kappa shape index (κ1) is 21.1. The first-order chi connectivity index (χ1) is 13.8. The number of hydrogen-bond donors (Lipinski definition) is 2. The van der Waals surface area contributed by atoms with E-state index >= 15 is 0 Å². The largest absolute Gasteiger partial charge is 0.497 e. The third-order valence-corrected chi connectivity index (χ3v) is 6.43. The zero-order valence-electron chi connectivity index (χ0n) is 16.8. The number of nitrogens with zero attached hydrogens (tertiary/aromatic N) is 2. The van der Waals surface area contributed by atoms with Crippen molar-refractivity contribution in [3.8, 4) is 5.75 Å². The average Bonchev–Trinajstić information content (AvgIpc) is 3.24. The summed E-state index contributed by atoms with van der Waals surface area (Å²) in [6.07, 6.45) is 0. The molecule has 7 nitrogen and oxygen atoms in total. The molecule has 1 unspecified atom stereocenters. The minimum Gasteiger partial charge on any atom is -0.497 e. The number of carbonyl (C=O) groups is 2. The number of nitrogens with one attached hydrogen (secondary N) is 2. The van der Waals surface area contributed by atoms with Gasteiger partial charge in [-0.05, 0) is 45.4 Å². The molecular formula is C20H22N4O3S2. The first-order valence-corrected chi connectivity index (χ1v) is 10.6. The van der Waals surface area contributed by atoms with E-state index < -0.39 is 0 Å². The Kier molecular flexibility index (Phi) is 6.39. The summed E-state index contributed by atoms with van der Waals surface area (Å²) >= 11 is 2.72. The van der Waals surface area contributed by atoms with Crippen molar-refractivity contribution in [3.63, 3.8) is 0 Å². The van der Waals surface area contributed by atoms with Gasteiger partial charge in [0.1, 0.15) is 5.75 Å². The second-order valence-electron chi connectivity index (χ2n) is 6.54. The Labute approximate surface area is 177 Å². The van der Waals surface area contributed by atoms with Gasteiger partial charge in [0.2, 0.25) is 5.13 Å². The van der Waals surface area contributed by atoms with Crippen molar-refractivity contribution >= 4 is 45.5 Å². The van der Waals surface area contributed by atoms with E-state index in [9.17, 15) is 9.59 Å². The smallest absolute Gasteiger partial charge is 0.210 e. The molecule has 0 bridgehead atoms. The van der Waals surface area contributed by atoms with E-state index in [-0.39, 0.29) is 16.8 Å². The van der Waals surface area contributed by atoms with Crippen LogP contribution in [0.1, 0.15) is 46.0 Å². The standard InChI is InChI=1S/C20H22N4O3S2/c1-10-16(12(3)25)11(2)21-17(10)18(26)13(4)28-20-24-23-19(29-20)22-14-7-6-8-15(9-14)27-5/h6-9,13,21H,1-5H3,(H,22,23). The summed E-state index contributed by atoms with van der Waals surface area (Å²) < 4.78 is 5.90. The zero-order valence-corrected chi connectivity index (χ0v) is 18.5. The van der Waals surface area contributed by atoms with E-state index in [2.05, 4.69) is 20.5 Å². The Balaban J connectivity index is 1.70. The Hall–Kier alpha value is -2.65. The summed E-state index contributed by atoms with van der Waals surface area (Å²) in [7, 11) is 1.62. The lowest BCUT2D eigenvalue weighted by Gasteiger charge is -2.07. The molecule has 0 saturated carbocycles. The van der Waals surface area contributed by atoms with Crippen LogP contribution in [0.15, 0.2) is 28.6 Å². The highest BCUT2D eigenvalue weighted by molar-refractivity contribution is 8.02. The van der Waals surface area contributed by atoms with Crippen LogP contribution >= 0.6 is 23.1 Å². The molecule has 0 aliphatic carbocycles. The van der Waals surface area contributed by atoms with Crippen LogP contribution in [0, 0.1) is 13.8 Å². The quantitative estimate of drug-likeness (QED) is 0.391. The highest BCUT2D eigenvalue weighted by Gasteiger charge is 2.25. The van der Waals surface area contributed by atoms with Gasteiger partial charge in [-0.2, -0.15) is 0 Å². The summed E-state index contributed by atoms with van der Waals surface area (Å²) in [5.74, 6) is 0.628. The summed E-state index contributed by atoms with van der Waals surface area (Å²) in [6.45, 7) is 6.94. The Morgan fingerprint density at radius 2 is 2.03 bits per heavy atom. The lowest BCUT2D eigenvalue weighted by molar-refractivity contribution is 0.0988. The molecule has 0 saturated heterocycles. The SMILES string of the molecule is COc1cccc(Nc2nnc(SC(C)C(=O)c3[nH]c(C)c(C(C)=O)c3C)s2)c1. The lowest BCUT2D eigenvalue weighted by atomic mass is 10.0. The van der Waals surface area contributed by atoms with Crippen molar-refractivity contribution in [1.29, 1.82) is 0 Å². The molecule has 3 rings (SSSR count). The predicted octanol–water partition coefficient (Wildman–Crippen LogP) is 4.80. The predicted molar refractivity (Wildman–Crippen MR) is 116 cm³/mol. The van der Waals surface area contributed by atoms with Crippen molar-refractivity contribution < 1.29 is 14.3 Å². The van der Waals surface area contributed by atoms with Crippen molar-refractivity contribution in [2.45, 2.75) is 37.3 Å². The van der Waals surface area contributed by atoms with Gasteiger partial charge in [0, 0.05) is 23.0 Å². The Bertz CT molecular complexity index is 1060. The van der Waals surface area contributed by atoms with Crippen molar-refractivity contribution in [3.05, 3.63) is 46.8 Å². The van der Waals surface area contributed by atoms with Crippen LogP contribution in [0.25, 0.3) is 0 Å². The van der Waals surface area contributed by atoms with Crippen LogP contribution in [-0.4, -0.2) is 39.1 Å². The summed E-state index contributed by atoms with van der Waals surface area (Å²) in [4.78, 5) is 27.8.